The van der Waals surface area contributed by atoms with E-state index in [1.807, 2.05) is 31.2 Å². The Kier molecular flexibility index (Phi) is 10.2. The van der Waals surface area contributed by atoms with Gasteiger partial charge in [0.05, 0.1) is 11.1 Å². The normalized spacial score (nSPS) is 20.6. The highest BCUT2D eigenvalue weighted by atomic mass is 19.4. The monoisotopic (exact) mass is 641 g/mol. The van der Waals surface area contributed by atoms with Crippen molar-refractivity contribution in [1.29, 1.82) is 0 Å². The van der Waals surface area contributed by atoms with E-state index >= 15 is 0 Å². The molecule has 45 heavy (non-hydrogen) atoms. The summed E-state index contributed by atoms with van der Waals surface area (Å²) in [4.78, 5) is 43.9. The average molecular weight is 642 g/mol. The van der Waals surface area contributed by atoms with Gasteiger partial charge in [-0.05, 0) is 68.0 Å². The highest BCUT2D eigenvalue weighted by molar-refractivity contribution is 5.83. The van der Waals surface area contributed by atoms with E-state index in [0.29, 0.717) is 38.1 Å². The Labute approximate surface area is 257 Å². The second kappa shape index (κ2) is 13.4. The molecule has 0 bridgehead atoms. The van der Waals surface area contributed by atoms with Crippen LogP contribution in [0.3, 0.4) is 0 Å². The third-order valence-electron chi connectivity index (χ3n) is 8.79. The molecule has 2 saturated heterocycles. The molecular formula is C32H37F6N3O4. The Morgan fingerprint density at radius 2 is 1.47 bits per heavy atom. The first-order valence-electron chi connectivity index (χ1n) is 14.8. The van der Waals surface area contributed by atoms with Gasteiger partial charge in [-0.15, -0.1) is 0 Å². The van der Waals surface area contributed by atoms with E-state index in [9.17, 15) is 45.8 Å². The fourth-order valence-corrected chi connectivity index (χ4v) is 6.38. The molecule has 7 nitrogen and oxygen atoms in total. The lowest BCUT2D eigenvalue weighted by atomic mass is 9.77. The lowest BCUT2D eigenvalue weighted by molar-refractivity contribution is -0.147. The maximum Gasteiger partial charge on any atom is 0.416 e. The van der Waals surface area contributed by atoms with Gasteiger partial charge >= 0.3 is 12.4 Å². The van der Waals surface area contributed by atoms with Crippen molar-refractivity contribution in [3.8, 4) is 0 Å². The van der Waals surface area contributed by atoms with Crippen molar-refractivity contribution in [2.75, 3.05) is 33.2 Å². The minimum Gasteiger partial charge on any atom is -0.384 e. The number of hydrogen-bond donors (Lipinski definition) is 1. The second-order valence-electron chi connectivity index (χ2n) is 12.0. The lowest BCUT2D eigenvalue weighted by Gasteiger charge is -2.42. The van der Waals surface area contributed by atoms with Gasteiger partial charge in [-0.1, -0.05) is 24.3 Å². The second-order valence-corrected chi connectivity index (χ2v) is 12.0. The third-order valence-corrected chi connectivity index (χ3v) is 8.79. The van der Waals surface area contributed by atoms with Crippen molar-refractivity contribution in [3.63, 3.8) is 0 Å². The van der Waals surface area contributed by atoms with E-state index in [0.717, 1.165) is 16.0 Å². The number of hydrogen-bond acceptors (Lipinski definition) is 4. The van der Waals surface area contributed by atoms with Gasteiger partial charge in [-0.3, -0.25) is 14.4 Å². The lowest BCUT2D eigenvalue weighted by Crippen LogP contribution is -2.51. The molecule has 13 heteroatoms. The van der Waals surface area contributed by atoms with Crippen molar-refractivity contribution in [2.24, 2.45) is 11.8 Å². The van der Waals surface area contributed by atoms with Crippen molar-refractivity contribution >= 4 is 17.7 Å². The van der Waals surface area contributed by atoms with Crippen molar-refractivity contribution < 1.29 is 45.8 Å². The SMILES string of the molecule is Cc1ccccc1[C@H]1CN(C(=O)C2CCN(C(=O)[C@H](C)O)CC2)CC[C@@H]1C(=O)N(C)Cc1cc(C(F)(F)F)cc(C(F)(F)F)c1. The molecule has 2 aromatic rings. The first kappa shape index (κ1) is 34.3. The molecular weight excluding hydrogens is 604 g/mol. The first-order chi connectivity index (χ1) is 21.0. The molecule has 2 aliphatic rings. The number of aliphatic hydroxyl groups excluding tert-OH is 1. The number of nitrogens with zero attached hydrogens (tertiary/aromatic N) is 3. The van der Waals surface area contributed by atoms with Crippen LogP contribution >= 0.6 is 0 Å². The molecule has 0 spiro atoms. The van der Waals surface area contributed by atoms with Gasteiger partial charge in [-0.25, -0.2) is 0 Å². The van der Waals surface area contributed by atoms with E-state index in [1.165, 1.54) is 18.9 Å². The molecule has 0 aliphatic carbocycles. The molecule has 0 aromatic heterocycles. The minimum atomic E-state index is -5.00. The molecule has 2 aromatic carbocycles. The van der Waals surface area contributed by atoms with Crippen LogP contribution in [0.25, 0.3) is 0 Å². The summed E-state index contributed by atoms with van der Waals surface area (Å²) in [7, 11) is 1.35. The first-order valence-corrected chi connectivity index (χ1v) is 14.8. The number of carbonyl (C=O) groups is 3. The number of alkyl halides is 6. The van der Waals surface area contributed by atoms with Crippen LogP contribution in [-0.2, 0) is 33.3 Å². The van der Waals surface area contributed by atoms with Gasteiger partial charge in [0.1, 0.15) is 6.10 Å². The Balaban J connectivity index is 1.53. The van der Waals surface area contributed by atoms with Crippen molar-refractivity contribution in [2.45, 2.75) is 64.0 Å². The zero-order valence-corrected chi connectivity index (χ0v) is 25.3. The molecule has 3 atom stereocenters. The van der Waals surface area contributed by atoms with E-state index in [2.05, 4.69) is 0 Å². The molecule has 2 fully saturated rings. The predicted molar refractivity (Wildman–Crippen MR) is 153 cm³/mol. The summed E-state index contributed by atoms with van der Waals surface area (Å²) in [5.74, 6) is -2.38. The Bertz CT molecular complexity index is 1370. The van der Waals surface area contributed by atoms with E-state index in [1.54, 1.807) is 4.90 Å². The standard InChI is InChI=1S/C32H37F6N3O4/c1-19-6-4-5-7-25(19)27-18-41(29(44)22-8-11-40(12-9-22)28(43)20(2)42)13-10-26(27)30(45)39(3)17-21-14-23(31(33,34)35)16-24(15-21)32(36,37)38/h4-7,14-16,20,22,26-27,42H,8-13,17-18H2,1-3H3/t20-,26-,27+/m0/s1. The summed E-state index contributed by atoms with van der Waals surface area (Å²) in [5.41, 5.74) is -1.47. The molecule has 0 unspecified atom stereocenters. The minimum absolute atomic E-state index is 0.0567. The van der Waals surface area contributed by atoms with Crippen LogP contribution in [0.1, 0.15) is 59.9 Å². The number of piperidine rings is 2. The average Bonchev–Trinajstić information content (AvgIpc) is 2.99. The van der Waals surface area contributed by atoms with Crippen molar-refractivity contribution in [1.82, 2.24) is 14.7 Å². The smallest absolute Gasteiger partial charge is 0.384 e. The van der Waals surface area contributed by atoms with E-state index in [-0.39, 0.29) is 48.9 Å². The zero-order chi connectivity index (χ0) is 33.3. The summed E-state index contributed by atoms with van der Waals surface area (Å²) < 4.78 is 80.5. The number of halogens is 6. The van der Waals surface area contributed by atoms with Gasteiger partial charge in [0, 0.05) is 57.5 Å². The Morgan fingerprint density at radius 1 is 0.911 bits per heavy atom. The number of likely N-dealkylation sites (tertiary alicyclic amines) is 2. The van der Waals surface area contributed by atoms with Gasteiger partial charge in [-0.2, -0.15) is 26.3 Å². The van der Waals surface area contributed by atoms with Gasteiger partial charge < -0.3 is 19.8 Å². The topological polar surface area (TPSA) is 81.2 Å². The maximum absolute atomic E-state index is 13.8. The van der Waals surface area contributed by atoms with Crippen LogP contribution in [-0.4, -0.2) is 76.9 Å². The number of amides is 3. The van der Waals surface area contributed by atoms with Gasteiger partial charge in [0.15, 0.2) is 0 Å². The molecule has 3 amide bonds. The van der Waals surface area contributed by atoms with Crippen LogP contribution in [0, 0.1) is 18.8 Å². The van der Waals surface area contributed by atoms with Crippen LogP contribution < -0.4 is 0 Å². The van der Waals surface area contributed by atoms with Crippen LogP contribution in [0.15, 0.2) is 42.5 Å². The molecule has 1 N–H and O–H groups in total. The number of aliphatic hydroxyl groups is 1. The molecule has 2 aliphatic heterocycles. The number of aryl methyl sites for hydroxylation is 1. The fraction of sp³-hybridized carbons (Fsp3) is 0.531. The van der Waals surface area contributed by atoms with Crippen LogP contribution in [0.4, 0.5) is 26.3 Å². The summed E-state index contributed by atoms with van der Waals surface area (Å²) in [6, 6.07) is 8.68. The van der Waals surface area contributed by atoms with E-state index < -0.39 is 53.9 Å². The molecule has 2 heterocycles. The summed E-state index contributed by atoms with van der Waals surface area (Å²) in [6.45, 7) is 3.95. The van der Waals surface area contributed by atoms with Gasteiger partial charge in [0.25, 0.3) is 5.91 Å². The third kappa shape index (κ3) is 7.98. The fourth-order valence-electron chi connectivity index (χ4n) is 6.38. The number of carbonyl (C=O) groups excluding carboxylic acids is 3. The van der Waals surface area contributed by atoms with Crippen LogP contribution in [0.2, 0.25) is 0 Å². The van der Waals surface area contributed by atoms with Gasteiger partial charge in [0.2, 0.25) is 11.8 Å². The molecule has 0 radical (unpaired) electrons. The summed E-state index contributed by atoms with van der Waals surface area (Å²) in [6.07, 6.45) is -10.0. The predicted octanol–water partition coefficient (Wildman–Crippen LogP) is 5.24. The van der Waals surface area contributed by atoms with Crippen molar-refractivity contribution in [3.05, 3.63) is 70.3 Å². The summed E-state index contributed by atoms with van der Waals surface area (Å²) in [5, 5.41) is 9.60. The zero-order valence-electron chi connectivity index (χ0n) is 25.3. The molecule has 246 valence electrons. The van der Waals surface area contributed by atoms with Crippen LogP contribution in [0.5, 0.6) is 0 Å². The highest BCUT2D eigenvalue weighted by Gasteiger charge is 2.41. The Morgan fingerprint density at radius 3 is 2.00 bits per heavy atom. The maximum atomic E-state index is 13.8. The molecule has 0 saturated carbocycles. The summed E-state index contributed by atoms with van der Waals surface area (Å²) >= 11 is 0. The van der Waals surface area contributed by atoms with E-state index in [4.69, 9.17) is 0 Å². The highest BCUT2D eigenvalue weighted by Crippen LogP contribution is 2.39. The Hall–Kier alpha value is -3.61. The largest absolute Gasteiger partial charge is 0.416 e. The number of benzene rings is 2. The quantitative estimate of drug-likeness (QED) is 0.438. The molecule has 4 rings (SSSR count). The number of rotatable bonds is 6.